The first kappa shape index (κ1) is 19.3. The number of aromatic nitrogens is 3. The highest BCUT2D eigenvalue weighted by Gasteiger charge is 2.36. The molecule has 28 heavy (non-hydrogen) atoms. The number of rotatable bonds is 7. The molecule has 0 aliphatic carbocycles. The van der Waals surface area contributed by atoms with Crippen LogP contribution in [-0.2, 0) is 4.74 Å². The lowest BCUT2D eigenvalue weighted by atomic mass is 10.0. The Labute approximate surface area is 166 Å². The second-order valence-electron chi connectivity index (χ2n) is 7.71. The molecule has 4 rings (SSSR count). The van der Waals surface area contributed by atoms with E-state index in [0.717, 1.165) is 43.3 Å². The van der Waals surface area contributed by atoms with E-state index >= 15 is 0 Å². The summed E-state index contributed by atoms with van der Waals surface area (Å²) in [6.07, 6.45) is 6.46. The zero-order valence-electron chi connectivity index (χ0n) is 16.8. The number of piperidine rings is 1. The van der Waals surface area contributed by atoms with Crippen LogP contribution in [0, 0.1) is 0 Å². The van der Waals surface area contributed by atoms with E-state index in [9.17, 15) is 0 Å². The summed E-state index contributed by atoms with van der Waals surface area (Å²) in [5.74, 6) is 2.09. The molecule has 0 bridgehead atoms. The molecule has 2 aromatic heterocycles. The van der Waals surface area contributed by atoms with Gasteiger partial charge in [-0.3, -0.25) is 4.90 Å². The van der Waals surface area contributed by atoms with Gasteiger partial charge in [0.15, 0.2) is 0 Å². The second kappa shape index (κ2) is 8.98. The number of hydrogen-bond donors (Lipinski definition) is 1. The zero-order valence-corrected chi connectivity index (χ0v) is 16.8. The molecule has 2 aliphatic heterocycles. The molecule has 8 nitrogen and oxygen atoms in total. The van der Waals surface area contributed by atoms with Crippen LogP contribution >= 0.6 is 0 Å². The summed E-state index contributed by atoms with van der Waals surface area (Å²) in [5, 5.41) is 7.56. The molecule has 2 aromatic rings. The Morgan fingerprint density at radius 1 is 1.25 bits per heavy atom. The predicted molar refractivity (Wildman–Crippen MR) is 107 cm³/mol. The van der Waals surface area contributed by atoms with Gasteiger partial charge < -0.3 is 19.5 Å². The maximum Gasteiger partial charge on any atom is 0.244 e. The van der Waals surface area contributed by atoms with Gasteiger partial charge in [-0.2, -0.15) is 4.98 Å². The molecule has 2 fully saturated rings. The third-order valence-electron chi connectivity index (χ3n) is 5.83. The maximum atomic E-state index is 5.73. The van der Waals surface area contributed by atoms with Crippen molar-refractivity contribution in [3.8, 4) is 11.4 Å². The van der Waals surface area contributed by atoms with Crippen molar-refractivity contribution in [2.24, 2.45) is 0 Å². The molecule has 0 aromatic carbocycles. The number of hydrogen-bond acceptors (Lipinski definition) is 8. The highest BCUT2D eigenvalue weighted by Crippen LogP contribution is 2.36. The van der Waals surface area contributed by atoms with E-state index in [1.165, 1.54) is 19.3 Å². The number of ether oxygens (including phenoxy) is 1. The van der Waals surface area contributed by atoms with Gasteiger partial charge in [0, 0.05) is 25.9 Å². The number of nitrogens with zero attached hydrogens (tertiary/aromatic N) is 5. The van der Waals surface area contributed by atoms with Gasteiger partial charge in [-0.05, 0) is 64.5 Å². The van der Waals surface area contributed by atoms with Gasteiger partial charge in [-0.25, -0.2) is 4.98 Å². The van der Waals surface area contributed by atoms with Gasteiger partial charge in [0.2, 0.25) is 11.7 Å². The van der Waals surface area contributed by atoms with Crippen molar-refractivity contribution < 1.29 is 9.26 Å². The minimum atomic E-state index is 0.233. The summed E-state index contributed by atoms with van der Waals surface area (Å²) in [4.78, 5) is 14.2. The Morgan fingerprint density at radius 3 is 2.93 bits per heavy atom. The van der Waals surface area contributed by atoms with Crippen LogP contribution in [0.15, 0.2) is 22.9 Å². The summed E-state index contributed by atoms with van der Waals surface area (Å²) in [5.41, 5.74) is 0.859. The van der Waals surface area contributed by atoms with Gasteiger partial charge in [0.25, 0.3) is 0 Å². The maximum absolute atomic E-state index is 5.73. The van der Waals surface area contributed by atoms with Crippen molar-refractivity contribution in [1.82, 2.24) is 24.9 Å². The van der Waals surface area contributed by atoms with Crippen molar-refractivity contribution in [3.63, 3.8) is 0 Å². The van der Waals surface area contributed by atoms with E-state index in [2.05, 4.69) is 32.3 Å². The van der Waals surface area contributed by atoms with E-state index < -0.39 is 0 Å². The fourth-order valence-corrected chi connectivity index (χ4v) is 4.30. The summed E-state index contributed by atoms with van der Waals surface area (Å²) in [6.45, 7) is 4.73. The second-order valence-corrected chi connectivity index (χ2v) is 7.71. The Morgan fingerprint density at radius 2 is 2.11 bits per heavy atom. The molecule has 1 atom stereocenters. The lowest BCUT2D eigenvalue weighted by molar-refractivity contribution is 0.0958. The van der Waals surface area contributed by atoms with E-state index in [4.69, 9.17) is 14.2 Å². The first-order chi connectivity index (χ1) is 13.8. The van der Waals surface area contributed by atoms with E-state index in [1.54, 1.807) is 13.3 Å². The Kier molecular flexibility index (Phi) is 6.19. The highest BCUT2D eigenvalue weighted by atomic mass is 16.5. The summed E-state index contributed by atoms with van der Waals surface area (Å²) in [6, 6.07) is 4.72. The largest absolute Gasteiger partial charge is 0.383 e. The number of methoxy groups -OCH3 is 1. The number of likely N-dealkylation sites (tertiary alicyclic amines) is 2. The molecular weight excluding hydrogens is 356 g/mol. The summed E-state index contributed by atoms with van der Waals surface area (Å²) >= 11 is 0. The van der Waals surface area contributed by atoms with E-state index in [0.29, 0.717) is 25.0 Å². The van der Waals surface area contributed by atoms with Gasteiger partial charge in [-0.1, -0.05) is 5.16 Å². The molecule has 0 radical (unpaired) electrons. The average Bonchev–Trinajstić information content (AvgIpc) is 3.39. The highest BCUT2D eigenvalue weighted by molar-refractivity contribution is 5.69. The fourth-order valence-electron chi connectivity index (χ4n) is 4.30. The van der Waals surface area contributed by atoms with Crippen LogP contribution in [0.2, 0.25) is 0 Å². The molecular formula is C20H30N6O2. The molecule has 0 amide bonds. The Balaban J connectivity index is 1.50. The van der Waals surface area contributed by atoms with Gasteiger partial charge >= 0.3 is 0 Å². The van der Waals surface area contributed by atoms with Crippen LogP contribution in [0.1, 0.15) is 37.6 Å². The molecule has 0 unspecified atom stereocenters. The smallest absolute Gasteiger partial charge is 0.244 e. The van der Waals surface area contributed by atoms with Crippen LogP contribution in [-0.4, -0.2) is 77.9 Å². The minimum Gasteiger partial charge on any atom is -0.383 e. The van der Waals surface area contributed by atoms with Gasteiger partial charge in [0.05, 0.1) is 18.2 Å². The monoisotopic (exact) mass is 386 g/mol. The molecule has 2 saturated heterocycles. The Hall–Kier alpha value is -2.03. The topological polar surface area (TPSA) is 79.5 Å². The van der Waals surface area contributed by atoms with Crippen LogP contribution in [0.5, 0.6) is 0 Å². The standard InChI is InChI=1S/C20H30N6O2/c1-25-12-7-15(8-13-25)26-11-4-6-17(26)20-23-19(24-28-20)16-5-3-9-21-18(16)22-10-14-27-2/h3,5,9,15,17H,4,6-8,10-14H2,1-2H3,(H,21,22)/t17-/m0/s1. The zero-order chi connectivity index (χ0) is 19.3. The molecule has 2 aliphatic rings. The lowest BCUT2D eigenvalue weighted by Crippen LogP contribution is -2.43. The lowest BCUT2D eigenvalue weighted by Gasteiger charge is -2.37. The van der Waals surface area contributed by atoms with Crippen LogP contribution in [0.4, 0.5) is 5.82 Å². The molecule has 8 heteroatoms. The predicted octanol–water partition coefficient (Wildman–Crippen LogP) is 2.42. The normalized spacial score (nSPS) is 22.0. The third kappa shape index (κ3) is 4.19. The van der Waals surface area contributed by atoms with Crippen LogP contribution < -0.4 is 5.32 Å². The minimum absolute atomic E-state index is 0.233. The summed E-state index contributed by atoms with van der Waals surface area (Å²) in [7, 11) is 3.89. The van der Waals surface area contributed by atoms with Crippen LogP contribution in [0.3, 0.4) is 0 Å². The average molecular weight is 387 g/mol. The molecule has 4 heterocycles. The summed E-state index contributed by atoms with van der Waals surface area (Å²) < 4.78 is 10.8. The number of pyridine rings is 1. The SMILES string of the molecule is COCCNc1ncccc1-c1noc([C@@H]2CCCN2C2CCN(C)CC2)n1. The molecule has 1 N–H and O–H groups in total. The number of anilines is 1. The van der Waals surface area contributed by atoms with Gasteiger partial charge in [-0.15, -0.1) is 0 Å². The molecule has 0 spiro atoms. The van der Waals surface area contributed by atoms with Crippen molar-refractivity contribution in [2.45, 2.75) is 37.8 Å². The van der Waals surface area contributed by atoms with E-state index in [-0.39, 0.29) is 6.04 Å². The van der Waals surface area contributed by atoms with Crippen molar-refractivity contribution in [1.29, 1.82) is 0 Å². The van der Waals surface area contributed by atoms with Crippen molar-refractivity contribution in [3.05, 3.63) is 24.2 Å². The first-order valence-electron chi connectivity index (χ1n) is 10.2. The van der Waals surface area contributed by atoms with Gasteiger partial charge in [0.1, 0.15) is 5.82 Å². The number of nitrogens with one attached hydrogen (secondary N) is 1. The first-order valence-corrected chi connectivity index (χ1v) is 10.2. The fraction of sp³-hybridized carbons (Fsp3) is 0.650. The van der Waals surface area contributed by atoms with Crippen molar-refractivity contribution >= 4 is 5.82 Å². The molecule has 152 valence electrons. The van der Waals surface area contributed by atoms with Crippen LogP contribution in [0.25, 0.3) is 11.4 Å². The quantitative estimate of drug-likeness (QED) is 0.727. The Bertz CT molecular complexity index is 759. The molecule has 0 saturated carbocycles. The van der Waals surface area contributed by atoms with E-state index in [1.807, 2.05) is 12.1 Å². The third-order valence-corrected chi connectivity index (χ3v) is 5.83. The van der Waals surface area contributed by atoms with Crippen molar-refractivity contribution in [2.75, 3.05) is 52.3 Å².